The van der Waals surface area contributed by atoms with E-state index in [-0.39, 0.29) is 5.91 Å². The molecule has 4 heterocycles. The van der Waals surface area contributed by atoms with Crippen LogP contribution in [-0.2, 0) is 0 Å². The third-order valence-corrected chi connectivity index (χ3v) is 8.26. The Bertz CT molecular complexity index is 1270. The molecule has 0 saturated carbocycles. The van der Waals surface area contributed by atoms with E-state index in [1.807, 2.05) is 36.9 Å². The molecule has 9 nitrogen and oxygen atoms in total. The average molecular weight is 552 g/mol. The highest BCUT2D eigenvalue weighted by molar-refractivity contribution is 6.30. The number of piperidine rings is 1. The SMILES string of the molecule is CCNc1nnc(-c2ccc(N3C[C@H](CC)N(C4CCN(C(=O)c5ccc(Cl)cc5)CC4)C[C@H]3C)c(C)n2)o1. The summed E-state index contributed by atoms with van der Waals surface area (Å²) in [6.45, 7) is 12.8. The number of benzene rings is 1. The molecule has 5 rings (SSSR count). The third-order valence-electron chi connectivity index (χ3n) is 8.01. The number of hydrogen-bond acceptors (Lipinski definition) is 8. The summed E-state index contributed by atoms with van der Waals surface area (Å²) < 4.78 is 5.69. The fourth-order valence-corrected chi connectivity index (χ4v) is 6.04. The number of rotatable bonds is 7. The zero-order valence-corrected chi connectivity index (χ0v) is 24.0. The second-order valence-electron chi connectivity index (χ2n) is 10.5. The first-order valence-electron chi connectivity index (χ1n) is 14.0. The number of carbonyl (C=O) groups excluding carboxylic acids is 1. The fraction of sp³-hybridized carbons (Fsp3) is 0.517. The van der Waals surface area contributed by atoms with Crippen molar-refractivity contribution in [1.29, 1.82) is 0 Å². The fourth-order valence-electron chi connectivity index (χ4n) is 5.91. The van der Waals surface area contributed by atoms with Crippen molar-refractivity contribution in [2.75, 3.05) is 42.9 Å². The van der Waals surface area contributed by atoms with Crippen LogP contribution in [-0.4, -0.2) is 81.7 Å². The summed E-state index contributed by atoms with van der Waals surface area (Å²) in [5.74, 6) is 0.519. The van der Waals surface area contributed by atoms with Gasteiger partial charge in [0.25, 0.3) is 11.8 Å². The molecule has 2 aromatic heterocycles. The molecule has 2 fully saturated rings. The van der Waals surface area contributed by atoms with Crippen molar-refractivity contribution in [3.63, 3.8) is 0 Å². The van der Waals surface area contributed by atoms with Gasteiger partial charge in [0.15, 0.2) is 0 Å². The Hall–Kier alpha value is -3.17. The highest BCUT2D eigenvalue weighted by atomic mass is 35.5. The molecule has 0 unspecified atom stereocenters. The van der Waals surface area contributed by atoms with Crippen molar-refractivity contribution in [3.05, 3.63) is 52.7 Å². The van der Waals surface area contributed by atoms with Crippen LogP contribution in [0.2, 0.25) is 5.02 Å². The molecule has 0 aliphatic carbocycles. The van der Waals surface area contributed by atoms with E-state index in [9.17, 15) is 4.79 Å². The van der Waals surface area contributed by atoms with Gasteiger partial charge in [0.05, 0.1) is 11.4 Å². The standard InChI is InChI=1S/C29H38ClN7O2/c1-5-23-18-36(26-12-11-25(32-20(26)4)27-33-34-29(39-27)31-6-2)19(3)17-37(23)24-13-15-35(16-14-24)28(38)21-7-9-22(30)10-8-21/h7-12,19,23-24H,5-6,13-18H2,1-4H3,(H,31,34)/t19-,23+/m1/s1. The molecule has 0 radical (unpaired) electrons. The van der Waals surface area contributed by atoms with Gasteiger partial charge in [-0.2, -0.15) is 0 Å². The van der Waals surface area contributed by atoms with Crippen LogP contribution in [0.3, 0.4) is 0 Å². The normalized spacial score (nSPS) is 20.8. The van der Waals surface area contributed by atoms with E-state index in [0.717, 1.165) is 63.4 Å². The molecular weight excluding hydrogens is 514 g/mol. The Labute approximate surface area is 235 Å². The number of anilines is 2. The lowest BCUT2D eigenvalue weighted by Gasteiger charge is -2.51. The van der Waals surface area contributed by atoms with Gasteiger partial charge in [-0.3, -0.25) is 9.69 Å². The second-order valence-corrected chi connectivity index (χ2v) is 11.0. The number of amides is 1. The second kappa shape index (κ2) is 11.9. The van der Waals surface area contributed by atoms with Crippen LogP contribution in [0, 0.1) is 6.92 Å². The number of halogens is 1. The summed E-state index contributed by atoms with van der Waals surface area (Å²) >= 11 is 6.00. The van der Waals surface area contributed by atoms with Gasteiger partial charge in [0.2, 0.25) is 0 Å². The Morgan fingerprint density at radius 2 is 1.82 bits per heavy atom. The number of piperazine rings is 1. The van der Waals surface area contributed by atoms with Crippen molar-refractivity contribution in [2.24, 2.45) is 0 Å². The molecule has 3 aromatic rings. The number of likely N-dealkylation sites (tertiary alicyclic amines) is 1. The molecule has 2 saturated heterocycles. The van der Waals surface area contributed by atoms with E-state index in [2.05, 4.69) is 45.2 Å². The molecule has 1 aromatic carbocycles. The van der Waals surface area contributed by atoms with Crippen LogP contribution >= 0.6 is 11.6 Å². The monoisotopic (exact) mass is 551 g/mol. The first kappa shape index (κ1) is 27.4. The smallest absolute Gasteiger partial charge is 0.315 e. The van der Waals surface area contributed by atoms with E-state index < -0.39 is 0 Å². The number of pyridine rings is 1. The summed E-state index contributed by atoms with van der Waals surface area (Å²) in [5.41, 5.74) is 3.50. The topological polar surface area (TPSA) is 90.6 Å². The van der Waals surface area contributed by atoms with Crippen LogP contribution < -0.4 is 10.2 Å². The molecule has 39 heavy (non-hydrogen) atoms. The van der Waals surface area contributed by atoms with Gasteiger partial charge >= 0.3 is 6.01 Å². The lowest BCUT2D eigenvalue weighted by Crippen LogP contribution is -2.61. The van der Waals surface area contributed by atoms with Gasteiger partial charge in [-0.25, -0.2) is 4.98 Å². The zero-order chi connectivity index (χ0) is 27.5. The van der Waals surface area contributed by atoms with Crippen molar-refractivity contribution in [2.45, 2.75) is 65.1 Å². The third kappa shape index (κ3) is 5.89. The number of hydrogen-bond donors (Lipinski definition) is 1. The minimum atomic E-state index is 0.0974. The van der Waals surface area contributed by atoms with Crippen LogP contribution in [0.1, 0.15) is 56.1 Å². The van der Waals surface area contributed by atoms with Crippen LogP contribution in [0.5, 0.6) is 0 Å². The number of aryl methyl sites for hydroxylation is 1. The van der Waals surface area contributed by atoms with Gasteiger partial charge < -0.3 is 19.5 Å². The molecule has 1 amide bonds. The average Bonchev–Trinajstić information content (AvgIpc) is 3.42. The molecule has 208 valence electrons. The van der Waals surface area contributed by atoms with E-state index in [1.54, 1.807) is 12.1 Å². The summed E-state index contributed by atoms with van der Waals surface area (Å²) in [5, 5.41) is 11.9. The summed E-state index contributed by atoms with van der Waals surface area (Å²) in [6.07, 6.45) is 3.07. The molecule has 2 atom stereocenters. The summed E-state index contributed by atoms with van der Waals surface area (Å²) in [6, 6.07) is 13.0. The lowest BCUT2D eigenvalue weighted by atomic mass is 9.95. The van der Waals surface area contributed by atoms with Crippen molar-refractivity contribution in [1.82, 2.24) is 25.0 Å². The van der Waals surface area contributed by atoms with Gasteiger partial charge in [-0.15, -0.1) is 5.10 Å². The molecule has 0 spiro atoms. The van der Waals surface area contributed by atoms with Crippen LogP contribution in [0.15, 0.2) is 40.8 Å². The Morgan fingerprint density at radius 1 is 1.08 bits per heavy atom. The van der Waals surface area contributed by atoms with Crippen LogP contribution in [0.25, 0.3) is 11.6 Å². The summed E-state index contributed by atoms with van der Waals surface area (Å²) in [7, 11) is 0. The minimum absolute atomic E-state index is 0.0974. The van der Waals surface area contributed by atoms with Crippen molar-refractivity contribution < 1.29 is 9.21 Å². The minimum Gasteiger partial charge on any atom is -0.402 e. The number of nitrogens with zero attached hydrogens (tertiary/aromatic N) is 6. The largest absolute Gasteiger partial charge is 0.402 e. The Balaban J connectivity index is 1.23. The lowest BCUT2D eigenvalue weighted by molar-refractivity contribution is 0.0436. The number of carbonyl (C=O) groups is 1. The van der Waals surface area contributed by atoms with Gasteiger partial charge in [-0.1, -0.05) is 23.6 Å². The molecular formula is C29H38ClN7O2. The molecule has 10 heteroatoms. The van der Waals surface area contributed by atoms with Gasteiger partial charge in [0, 0.05) is 61.4 Å². The Morgan fingerprint density at radius 3 is 2.49 bits per heavy atom. The molecule has 1 N–H and O–H groups in total. The summed E-state index contributed by atoms with van der Waals surface area (Å²) in [4.78, 5) is 25.0. The highest BCUT2D eigenvalue weighted by Crippen LogP contribution is 2.32. The van der Waals surface area contributed by atoms with Crippen molar-refractivity contribution >= 4 is 29.2 Å². The predicted molar refractivity (Wildman–Crippen MR) is 154 cm³/mol. The number of nitrogens with one attached hydrogen (secondary N) is 1. The maximum absolute atomic E-state index is 13.0. The Kier molecular flexibility index (Phi) is 8.37. The maximum Gasteiger partial charge on any atom is 0.315 e. The maximum atomic E-state index is 13.0. The predicted octanol–water partition coefficient (Wildman–Crippen LogP) is 5.12. The molecule has 2 aliphatic heterocycles. The number of aromatic nitrogens is 3. The van der Waals surface area contributed by atoms with E-state index in [0.29, 0.717) is 46.3 Å². The van der Waals surface area contributed by atoms with E-state index in [4.69, 9.17) is 21.0 Å². The van der Waals surface area contributed by atoms with Gasteiger partial charge in [0.1, 0.15) is 5.69 Å². The van der Waals surface area contributed by atoms with Gasteiger partial charge in [-0.05, 0) is 76.4 Å². The van der Waals surface area contributed by atoms with Crippen LogP contribution in [0.4, 0.5) is 11.7 Å². The van der Waals surface area contributed by atoms with Crippen molar-refractivity contribution in [3.8, 4) is 11.6 Å². The molecule has 2 aliphatic rings. The first-order valence-corrected chi connectivity index (χ1v) is 14.4. The molecule has 0 bridgehead atoms. The quantitative estimate of drug-likeness (QED) is 0.433. The zero-order valence-electron chi connectivity index (χ0n) is 23.2. The first-order chi connectivity index (χ1) is 18.9. The van der Waals surface area contributed by atoms with E-state index in [1.165, 1.54) is 0 Å². The van der Waals surface area contributed by atoms with E-state index >= 15 is 0 Å². The highest BCUT2D eigenvalue weighted by Gasteiger charge is 2.37.